The van der Waals surface area contributed by atoms with Crippen LogP contribution < -0.4 is 5.32 Å². The molecule has 2 aromatic rings. The fourth-order valence-corrected chi connectivity index (χ4v) is 2.40. The van der Waals surface area contributed by atoms with E-state index in [9.17, 15) is 9.18 Å². The summed E-state index contributed by atoms with van der Waals surface area (Å²) in [6.07, 6.45) is 0.981. The highest BCUT2D eigenvalue weighted by atomic mass is 79.9. The Bertz CT molecular complexity index is 590. The van der Waals surface area contributed by atoms with Crippen LogP contribution in [0.2, 0.25) is 0 Å². The van der Waals surface area contributed by atoms with E-state index in [2.05, 4.69) is 28.2 Å². The van der Waals surface area contributed by atoms with E-state index in [0.717, 1.165) is 12.0 Å². The predicted molar refractivity (Wildman–Crippen MR) is 81.1 cm³/mol. The standard InChI is InChI=1S/C16H15BrFNO/c1-2-11-6-8-12(9-7-11)10-19-16(20)15-13(17)4-3-5-14(15)18/h3-9H,2,10H2,1H3,(H,19,20). The third kappa shape index (κ3) is 3.45. The van der Waals surface area contributed by atoms with Crippen LogP contribution in [0.5, 0.6) is 0 Å². The SMILES string of the molecule is CCc1ccc(CNC(=O)c2c(F)cccc2Br)cc1. The van der Waals surface area contributed by atoms with E-state index < -0.39 is 11.7 Å². The van der Waals surface area contributed by atoms with E-state index in [4.69, 9.17) is 0 Å². The molecular weight excluding hydrogens is 321 g/mol. The Morgan fingerprint density at radius 3 is 2.40 bits per heavy atom. The number of aryl methyl sites for hydroxylation is 1. The van der Waals surface area contributed by atoms with Gasteiger partial charge < -0.3 is 5.32 Å². The van der Waals surface area contributed by atoms with E-state index in [1.54, 1.807) is 12.1 Å². The van der Waals surface area contributed by atoms with Crippen LogP contribution in [-0.2, 0) is 13.0 Å². The Kier molecular flexibility index (Phi) is 4.90. The van der Waals surface area contributed by atoms with Crippen LogP contribution in [0.4, 0.5) is 4.39 Å². The average Bonchev–Trinajstić information content (AvgIpc) is 2.45. The molecule has 0 aliphatic carbocycles. The van der Waals surface area contributed by atoms with Gasteiger partial charge in [0.05, 0.1) is 5.56 Å². The molecule has 2 aromatic carbocycles. The normalized spacial score (nSPS) is 10.3. The second kappa shape index (κ2) is 6.66. The second-order valence-electron chi connectivity index (χ2n) is 4.45. The van der Waals surface area contributed by atoms with Crippen molar-refractivity contribution in [2.24, 2.45) is 0 Å². The first-order chi connectivity index (χ1) is 9.61. The Labute approximate surface area is 126 Å². The summed E-state index contributed by atoms with van der Waals surface area (Å²) >= 11 is 3.19. The maximum atomic E-state index is 13.6. The Balaban J connectivity index is 2.05. The molecule has 0 saturated heterocycles. The third-order valence-electron chi connectivity index (χ3n) is 3.07. The molecule has 0 bridgehead atoms. The number of hydrogen-bond acceptors (Lipinski definition) is 1. The van der Waals surface area contributed by atoms with Gasteiger partial charge in [0.2, 0.25) is 0 Å². The van der Waals surface area contributed by atoms with Crippen molar-refractivity contribution < 1.29 is 9.18 Å². The molecular formula is C16H15BrFNO. The highest BCUT2D eigenvalue weighted by Crippen LogP contribution is 2.19. The molecule has 0 spiro atoms. The monoisotopic (exact) mass is 335 g/mol. The third-order valence-corrected chi connectivity index (χ3v) is 3.73. The summed E-state index contributed by atoms with van der Waals surface area (Å²) in [6.45, 7) is 2.47. The Morgan fingerprint density at radius 1 is 1.15 bits per heavy atom. The number of benzene rings is 2. The van der Waals surface area contributed by atoms with Crippen LogP contribution in [0, 0.1) is 5.82 Å². The zero-order valence-electron chi connectivity index (χ0n) is 11.1. The molecule has 0 fully saturated rings. The molecule has 20 heavy (non-hydrogen) atoms. The Hall–Kier alpha value is -1.68. The van der Waals surface area contributed by atoms with Gasteiger partial charge in [0.1, 0.15) is 5.82 Å². The number of nitrogens with one attached hydrogen (secondary N) is 1. The molecule has 0 aromatic heterocycles. The lowest BCUT2D eigenvalue weighted by Gasteiger charge is -2.08. The molecule has 1 N–H and O–H groups in total. The first kappa shape index (κ1) is 14.7. The summed E-state index contributed by atoms with van der Waals surface area (Å²) < 4.78 is 14.1. The van der Waals surface area contributed by atoms with Crippen LogP contribution in [0.1, 0.15) is 28.4 Å². The lowest BCUT2D eigenvalue weighted by molar-refractivity contribution is 0.0946. The van der Waals surface area contributed by atoms with Gasteiger partial charge in [-0.3, -0.25) is 4.79 Å². The molecule has 4 heteroatoms. The number of halogens is 2. The lowest BCUT2D eigenvalue weighted by Crippen LogP contribution is -2.24. The van der Waals surface area contributed by atoms with Gasteiger partial charge in [0.15, 0.2) is 0 Å². The predicted octanol–water partition coefficient (Wildman–Crippen LogP) is 4.08. The maximum absolute atomic E-state index is 13.6. The maximum Gasteiger partial charge on any atom is 0.255 e. The van der Waals surface area contributed by atoms with Crippen molar-refractivity contribution in [2.45, 2.75) is 19.9 Å². The average molecular weight is 336 g/mol. The van der Waals surface area contributed by atoms with Crippen molar-refractivity contribution in [1.29, 1.82) is 0 Å². The van der Waals surface area contributed by atoms with E-state index >= 15 is 0 Å². The van der Waals surface area contributed by atoms with E-state index in [0.29, 0.717) is 11.0 Å². The van der Waals surface area contributed by atoms with Crippen LogP contribution in [0.25, 0.3) is 0 Å². The first-order valence-electron chi connectivity index (χ1n) is 6.42. The summed E-state index contributed by atoms with van der Waals surface area (Å²) in [7, 11) is 0. The number of rotatable bonds is 4. The first-order valence-corrected chi connectivity index (χ1v) is 7.21. The van der Waals surface area contributed by atoms with Gasteiger partial charge in [-0.05, 0) is 45.6 Å². The molecule has 0 unspecified atom stereocenters. The summed E-state index contributed by atoms with van der Waals surface area (Å²) in [5, 5.41) is 2.73. The molecule has 0 saturated carbocycles. The van der Waals surface area contributed by atoms with Gasteiger partial charge in [-0.1, -0.05) is 37.3 Å². The van der Waals surface area contributed by atoms with Gasteiger partial charge in [-0.15, -0.1) is 0 Å². The topological polar surface area (TPSA) is 29.1 Å². The van der Waals surface area contributed by atoms with E-state index in [-0.39, 0.29) is 5.56 Å². The Morgan fingerprint density at radius 2 is 1.80 bits per heavy atom. The van der Waals surface area contributed by atoms with Crippen molar-refractivity contribution in [1.82, 2.24) is 5.32 Å². The number of hydrogen-bond donors (Lipinski definition) is 1. The molecule has 0 aliphatic heterocycles. The zero-order chi connectivity index (χ0) is 14.5. The lowest BCUT2D eigenvalue weighted by atomic mass is 10.1. The summed E-state index contributed by atoms with van der Waals surface area (Å²) in [4.78, 5) is 12.0. The molecule has 0 atom stereocenters. The molecule has 2 nitrogen and oxygen atoms in total. The van der Waals surface area contributed by atoms with Gasteiger partial charge in [0, 0.05) is 11.0 Å². The molecule has 0 aliphatic rings. The van der Waals surface area contributed by atoms with Crippen molar-refractivity contribution in [2.75, 3.05) is 0 Å². The molecule has 0 radical (unpaired) electrons. The summed E-state index contributed by atoms with van der Waals surface area (Å²) in [5.74, 6) is -0.951. The highest BCUT2D eigenvalue weighted by molar-refractivity contribution is 9.10. The highest BCUT2D eigenvalue weighted by Gasteiger charge is 2.14. The van der Waals surface area contributed by atoms with Crippen LogP contribution in [-0.4, -0.2) is 5.91 Å². The van der Waals surface area contributed by atoms with Gasteiger partial charge in [-0.2, -0.15) is 0 Å². The summed E-state index contributed by atoms with van der Waals surface area (Å²) in [5.41, 5.74) is 2.28. The van der Waals surface area contributed by atoms with Crippen molar-refractivity contribution in [3.63, 3.8) is 0 Å². The molecule has 1 amide bonds. The quantitative estimate of drug-likeness (QED) is 0.896. The number of amides is 1. The number of carbonyl (C=O) groups excluding carboxylic acids is 1. The number of carbonyl (C=O) groups is 1. The van der Waals surface area contributed by atoms with Gasteiger partial charge in [-0.25, -0.2) is 4.39 Å². The van der Waals surface area contributed by atoms with Crippen molar-refractivity contribution in [3.8, 4) is 0 Å². The van der Waals surface area contributed by atoms with E-state index in [1.807, 2.05) is 24.3 Å². The fourth-order valence-electron chi connectivity index (χ4n) is 1.88. The molecule has 0 heterocycles. The second-order valence-corrected chi connectivity index (χ2v) is 5.30. The van der Waals surface area contributed by atoms with Crippen LogP contribution in [0.3, 0.4) is 0 Å². The minimum Gasteiger partial charge on any atom is -0.348 e. The van der Waals surface area contributed by atoms with Crippen molar-refractivity contribution in [3.05, 3.63) is 69.4 Å². The van der Waals surface area contributed by atoms with Crippen LogP contribution in [0.15, 0.2) is 46.9 Å². The van der Waals surface area contributed by atoms with Gasteiger partial charge in [0.25, 0.3) is 5.91 Å². The van der Waals surface area contributed by atoms with E-state index in [1.165, 1.54) is 11.6 Å². The largest absolute Gasteiger partial charge is 0.348 e. The van der Waals surface area contributed by atoms with Gasteiger partial charge >= 0.3 is 0 Å². The van der Waals surface area contributed by atoms with Crippen molar-refractivity contribution >= 4 is 21.8 Å². The van der Waals surface area contributed by atoms with Crippen LogP contribution >= 0.6 is 15.9 Å². The fraction of sp³-hybridized carbons (Fsp3) is 0.188. The minimum absolute atomic E-state index is 0.0395. The summed E-state index contributed by atoms with van der Waals surface area (Å²) in [6, 6.07) is 12.5. The smallest absolute Gasteiger partial charge is 0.255 e. The molecule has 2 rings (SSSR count). The molecule has 104 valence electrons. The minimum atomic E-state index is -0.529. The zero-order valence-corrected chi connectivity index (χ0v) is 12.7.